The minimum Gasteiger partial charge on any atom is -0.494 e. The molecule has 0 saturated carbocycles. The van der Waals surface area contributed by atoms with Crippen molar-refractivity contribution in [2.45, 2.75) is 6.61 Å². The summed E-state index contributed by atoms with van der Waals surface area (Å²) in [6.45, 7) is -0.144. The number of halogens is 2. The van der Waals surface area contributed by atoms with Crippen molar-refractivity contribution < 1.29 is 9.84 Å². The Morgan fingerprint density at radius 1 is 1.22 bits per heavy atom. The van der Waals surface area contributed by atoms with Crippen LogP contribution in [0.5, 0.6) is 5.75 Å². The smallest absolute Gasteiger partial charge is 0.145 e. The molecule has 3 nitrogen and oxygen atoms in total. The number of nitrogens with zero attached hydrogens (tertiary/aromatic N) is 1. The van der Waals surface area contributed by atoms with Gasteiger partial charge in [-0.15, -0.1) is 0 Å². The standard InChI is InChI=1S/C13H11Cl2NO2/c1-18-12-5-3-9(7-17)16-13(12)10-6-8(14)2-4-11(10)15/h2-6,17H,7H2,1H3. The van der Waals surface area contributed by atoms with Crippen LogP contribution in [0.25, 0.3) is 11.3 Å². The molecule has 0 fully saturated rings. The molecule has 2 rings (SSSR count). The van der Waals surface area contributed by atoms with Gasteiger partial charge in [0.2, 0.25) is 0 Å². The molecule has 0 aliphatic rings. The molecule has 0 atom stereocenters. The highest BCUT2D eigenvalue weighted by Crippen LogP contribution is 2.35. The fraction of sp³-hybridized carbons (Fsp3) is 0.154. The van der Waals surface area contributed by atoms with Gasteiger partial charge in [0.15, 0.2) is 0 Å². The average Bonchev–Trinajstić information content (AvgIpc) is 2.40. The molecular weight excluding hydrogens is 273 g/mol. The van der Waals surface area contributed by atoms with E-state index in [-0.39, 0.29) is 6.61 Å². The summed E-state index contributed by atoms with van der Waals surface area (Å²) in [4.78, 5) is 4.32. The highest BCUT2D eigenvalue weighted by Gasteiger charge is 2.12. The first-order chi connectivity index (χ1) is 8.65. The van der Waals surface area contributed by atoms with Crippen LogP contribution in [0.2, 0.25) is 10.0 Å². The first kappa shape index (κ1) is 13.1. The van der Waals surface area contributed by atoms with Crippen molar-refractivity contribution in [3.05, 3.63) is 46.1 Å². The van der Waals surface area contributed by atoms with E-state index in [1.54, 1.807) is 37.4 Å². The number of aromatic nitrogens is 1. The second-order valence-corrected chi connectivity index (χ2v) is 4.48. The number of ether oxygens (including phenoxy) is 1. The topological polar surface area (TPSA) is 42.4 Å². The molecule has 1 N–H and O–H groups in total. The monoisotopic (exact) mass is 283 g/mol. The maximum atomic E-state index is 9.13. The number of rotatable bonds is 3. The molecular formula is C13H11Cl2NO2. The third-order valence-corrected chi connectivity index (χ3v) is 3.05. The lowest BCUT2D eigenvalue weighted by atomic mass is 10.1. The van der Waals surface area contributed by atoms with Gasteiger partial charge in [0.05, 0.1) is 24.4 Å². The maximum absolute atomic E-state index is 9.13. The van der Waals surface area contributed by atoms with Crippen molar-refractivity contribution in [3.63, 3.8) is 0 Å². The van der Waals surface area contributed by atoms with Crippen molar-refractivity contribution in [1.29, 1.82) is 0 Å². The van der Waals surface area contributed by atoms with E-state index in [1.165, 1.54) is 0 Å². The Morgan fingerprint density at radius 3 is 2.67 bits per heavy atom. The SMILES string of the molecule is COc1ccc(CO)nc1-c1cc(Cl)ccc1Cl. The Kier molecular flexibility index (Phi) is 4.07. The molecule has 94 valence electrons. The number of aliphatic hydroxyl groups is 1. The molecule has 1 heterocycles. The maximum Gasteiger partial charge on any atom is 0.145 e. The zero-order valence-electron chi connectivity index (χ0n) is 9.65. The minimum absolute atomic E-state index is 0.144. The van der Waals surface area contributed by atoms with E-state index < -0.39 is 0 Å². The Hall–Kier alpha value is -1.29. The zero-order valence-corrected chi connectivity index (χ0v) is 11.2. The third kappa shape index (κ3) is 2.58. The van der Waals surface area contributed by atoms with Gasteiger partial charge in [0, 0.05) is 10.6 Å². The van der Waals surface area contributed by atoms with Gasteiger partial charge >= 0.3 is 0 Å². The minimum atomic E-state index is -0.144. The number of methoxy groups -OCH3 is 1. The fourth-order valence-corrected chi connectivity index (χ4v) is 1.99. The van der Waals surface area contributed by atoms with Gasteiger partial charge in [-0.25, -0.2) is 4.98 Å². The van der Waals surface area contributed by atoms with E-state index >= 15 is 0 Å². The molecule has 0 saturated heterocycles. The van der Waals surface area contributed by atoms with Gasteiger partial charge in [-0.05, 0) is 30.3 Å². The summed E-state index contributed by atoms with van der Waals surface area (Å²) >= 11 is 12.1. The van der Waals surface area contributed by atoms with Gasteiger partial charge in [0.1, 0.15) is 11.4 Å². The van der Waals surface area contributed by atoms with E-state index in [1.807, 2.05) is 0 Å². The van der Waals surface area contributed by atoms with E-state index in [0.717, 1.165) is 0 Å². The van der Waals surface area contributed by atoms with Crippen LogP contribution in [0.3, 0.4) is 0 Å². The Labute approximate surface area is 115 Å². The molecule has 0 amide bonds. The molecule has 1 aromatic carbocycles. The summed E-state index contributed by atoms with van der Waals surface area (Å²) in [5, 5.41) is 10.2. The van der Waals surface area contributed by atoms with Gasteiger partial charge in [-0.1, -0.05) is 23.2 Å². The summed E-state index contributed by atoms with van der Waals surface area (Å²) in [5.41, 5.74) is 1.79. The Bertz CT molecular complexity index is 573. The Balaban J connectivity index is 2.64. The number of hydrogen-bond donors (Lipinski definition) is 1. The molecule has 0 radical (unpaired) electrons. The van der Waals surface area contributed by atoms with Crippen molar-refractivity contribution in [1.82, 2.24) is 4.98 Å². The molecule has 0 bridgehead atoms. The van der Waals surface area contributed by atoms with E-state index in [4.69, 9.17) is 33.0 Å². The molecule has 5 heteroatoms. The van der Waals surface area contributed by atoms with Crippen molar-refractivity contribution in [2.24, 2.45) is 0 Å². The Morgan fingerprint density at radius 2 is 2.00 bits per heavy atom. The van der Waals surface area contributed by atoms with Gasteiger partial charge in [-0.2, -0.15) is 0 Å². The predicted molar refractivity (Wildman–Crippen MR) is 72.2 cm³/mol. The van der Waals surface area contributed by atoms with E-state index in [2.05, 4.69) is 4.98 Å². The normalized spacial score (nSPS) is 10.4. The van der Waals surface area contributed by atoms with Crippen LogP contribution in [-0.2, 0) is 6.61 Å². The summed E-state index contributed by atoms with van der Waals surface area (Å²) in [6.07, 6.45) is 0. The highest BCUT2D eigenvalue weighted by atomic mass is 35.5. The second-order valence-electron chi connectivity index (χ2n) is 3.64. The van der Waals surface area contributed by atoms with Crippen molar-refractivity contribution in [3.8, 4) is 17.0 Å². The zero-order chi connectivity index (χ0) is 13.1. The van der Waals surface area contributed by atoms with E-state index in [0.29, 0.717) is 32.7 Å². The predicted octanol–water partition coefficient (Wildman–Crippen LogP) is 3.56. The van der Waals surface area contributed by atoms with Crippen LogP contribution in [0.15, 0.2) is 30.3 Å². The number of pyridine rings is 1. The van der Waals surface area contributed by atoms with Gasteiger partial charge in [0.25, 0.3) is 0 Å². The molecule has 2 aromatic rings. The lowest BCUT2D eigenvalue weighted by Crippen LogP contribution is -1.96. The molecule has 0 spiro atoms. The summed E-state index contributed by atoms with van der Waals surface area (Å²) in [5.74, 6) is 0.580. The number of aliphatic hydroxyl groups excluding tert-OH is 1. The van der Waals surface area contributed by atoms with Crippen molar-refractivity contribution in [2.75, 3.05) is 7.11 Å². The van der Waals surface area contributed by atoms with Crippen LogP contribution in [-0.4, -0.2) is 17.2 Å². The van der Waals surface area contributed by atoms with Gasteiger partial charge in [-0.3, -0.25) is 0 Å². The lowest BCUT2D eigenvalue weighted by Gasteiger charge is -2.10. The molecule has 1 aromatic heterocycles. The highest BCUT2D eigenvalue weighted by molar-refractivity contribution is 6.35. The first-order valence-corrected chi connectivity index (χ1v) is 6.01. The third-order valence-electron chi connectivity index (χ3n) is 2.48. The van der Waals surface area contributed by atoms with Crippen LogP contribution >= 0.6 is 23.2 Å². The van der Waals surface area contributed by atoms with Crippen LogP contribution in [0.1, 0.15) is 5.69 Å². The second kappa shape index (κ2) is 5.57. The number of hydrogen-bond acceptors (Lipinski definition) is 3. The summed E-state index contributed by atoms with van der Waals surface area (Å²) < 4.78 is 5.25. The summed E-state index contributed by atoms with van der Waals surface area (Å²) in [7, 11) is 1.55. The lowest BCUT2D eigenvalue weighted by molar-refractivity contribution is 0.276. The molecule has 0 aliphatic carbocycles. The first-order valence-electron chi connectivity index (χ1n) is 5.26. The number of benzene rings is 1. The van der Waals surface area contributed by atoms with Crippen molar-refractivity contribution >= 4 is 23.2 Å². The quantitative estimate of drug-likeness (QED) is 0.937. The summed E-state index contributed by atoms with van der Waals surface area (Å²) in [6, 6.07) is 8.56. The van der Waals surface area contributed by atoms with E-state index in [9.17, 15) is 0 Å². The average molecular weight is 284 g/mol. The van der Waals surface area contributed by atoms with Crippen LogP contribution in [0.4, 0.5) is 0 Å². The molecule has 18 heavy (non-hydrogen) atoms. The largest absolute Gasteiger partial charge is 0.494 e. The van der Waals surface area contributed by atoms with Gasteiger partial charge < -0.3 is 9.84 Å². The molecule has 0 unspecified atom stereocenters. The van der Waals surface area contributed by atoms with Crippen LogP contribution < -0.4 is 4.74 Å². The molecule has 0 aliphatic heterocycles. The van der Waals surface area contributed by atoms with Crippen LogP contribution in [0, 0.1) is 0 Å². The fourth-order valence-electron chi connectivity index (χ4n) is 1.61.